The summed E-state index contributed by atoms with van der Waals surface area (Å²) in [5.41, 5.74) is 4.05. The van der Waals surface area contributed by atoms with Gasteiger partial charge in [-0.3, -0.25) is 4.79 Å². The van der Waals surface area contributed by atoms with E-state index in [1.54, 1.807) is 0 Å². The number of hydrogen-bond acceptors (Lipinski definition) is 3. The number of aryl methyl sites for hydroxylation is 1. The van der Waals surface area contributed by atoms with Crippen molar-refractivity contribution < 1.29 is 9.53 Å². The molecule has 0 saturated carbocycles. The summed E-state index contributed by atoms with van der Waals surface area (Å²) in [5, 5.41) is 3.07. The number of anilines is 1. The van der Waals surface area contributed by atoms with Crippen molar-refractivity contribution in [3.8, 4) is 5.75 Å². The molecule has 2 aromatic rings. The Morgan fingerprint density at radius 3 is 2.81 bits per heavy atom. The lowest BCUT2D eigenvalue weighted by Crippen LogP contribution is -2.59. The van der Waals surface area contributed by atoms with Crippen LogP contribution in [0.2, 0.25) is 0 Å². The van der Waals surface area contributed by atoms with Crippen molar-refractivity contribution >= 4 is 11.6 Å². The molecule has 0 radical (unpaired) electrons. The van der Waals surface area contributed by atoms with Crippen LogP contribution in [0.4, 0.5) is 5.69 Å². The molecule has 2 aromatic carbocycles. The first kappa shape index (κ1) is 16.7. The third kappa shape index (κ3) is 1.91. The number of hydrogen-bond donors (Lipinski definition) is 1. The van der Waals surface area contributed by atoms with Crippen LogP contribution in [-0.2, 0) is 10.2 Å². The number of amides is 1. The van der Waals surface area contributed by atoms with Gasteiger partial charge in [-0.15, -0.1) is 0 Å². The third-order valence-electron chi connectivity index (χ3n) is 6.82. The second-order valence-corrected chi connectivity index (χ2v) is 8.59. The van der Waals surface area contributed by atoms with E-state index in [9.17, 15) is 4.79 Å². The van der Waals surface area contributed by atoms with Crippen LogP contribution in [0.1, 0.15) is 49.8 Å². The van der Waals surface area contributed by atoms with Gasteiger partial charge in [0.1, 0.15) is 11.8 Å². The van der Waals surface area contributed by atoms with Gasteiger partial charge in [0.05, 0.1) is 5.41 Å². The maximum Gasteiger partial charge on any atom is 0.243 e. The molecule has 1 spiro atoms. The zero-order valence-electron chi connectivity index (χ0n) is 16.4. The van der Waals surface area contributed by atoms with Crippen molar-refractivity contribution in [1.29, 1.82) is 0 Å². The van der Waals surface area contributed by atoms with Gasteiger partial charge in [0.2, 0.25) is 5.91 Å². The Labute approximate surface area is 160 Å². The Morgan fingerprint density at radius 1 is 1.26 bits per heavy atom. The number of benzene rings is 2. The fraction of sp³-hybridized carbons (Fsp3) is 0.435. The first-order valence-electron chi connectivity index (χ1n) is 9.87. The Kier molecular flexibility index (Phi) is 3.26. The minimum Gasteiger partial charge on any atom is -0.467 e. The van der Waals surface area contributed by atoms with Crippen LogP contribution in [0.3, 0.4) is 0 Å². The Hall–Kier alpha value is -2.49. The number of likely N-dealkylation sites (N-methyl/N-ethyl adjacent to an activating group) is 1. The highest BCUT2D eigenvalue weighted by Gasteiger charge is 2.70. The van der Waals surface area contributed by atoms with Crippen LogP contribution >= 0.6 is 0 Å². The van der Waals surface area contributed by atoms with Crippen LogP contribution in [-0.4, -0.2) is 24.2 Å². The molecule has 5 rings (SSSR count). The van der Waals surface area contributed by atoms with Crippen LogP contribution in [0, 0.1) is 6.92 Å². The minimum atomic E-state index is -0.530. The molecule has 3 atom stereocenters. The number of rotatable bonds is 2. The summed E-state index contributed by atoms with van der Waals surface area (Å²) in [5.74, 6) is 1.15. The summed E-state index contributed by atoms with van der Waals surface area (Å²) >= 11 is 0. The molecule has 3 heterocycles. The molecule has 2 bridgehead atoms. The van der Waals surface area contributed by atoms with E-state index in [0.717, 1.165) is 23.4 Å². The number of carbonyl (C=O) groups excluding carboxylic acids is 1. The van der Waals surface area contributed by atoms with Crippen molar-refractivity contribution in [3.05, 3.63) is 59.2 Å². The molecule has 0 aromatic heterocycles. The lowest BCUT2D eigenvalue weighted by molar-refractivity contribution is -0.122. The Morgan fingerprint density at radius 2 is 2.04 bits per heavy atom. The maximum atomic E-state index is 13.2. The number of ether oxygens (including phenoxy) is 1. The number of para-hydroxylation sites is 1. The van der Waals surface area contributed by atoms with E-state index in [4.69, 9.17) is 4.74 Å². The number of nitrogens with one attached hydrogen (secondary N) is 1. The number of fused-ring (bicyclic) bond motifs is 5. The first-order valence-corrected chi connectivity index (χ1v) is 9.87. The molecule has 1 saturated heterocycles. The molecule has 0 unspecified atom stereocenters. The smallest absolute Gasteiger partial charge is 0.243 e. The zero-order chi connectivity index (χ0) is 19.0. The zero-order valence-corrected chi connectivity index (χ0v) is 16.4. The first-order chi connectivity index (χ1) is 12.9. The molecule has 140 valence electrons. The van der Waals surface area contributed by atoms with E-state index >= 15 is 0 Å². The molecule has 3 aliphatic heterocycles. The largest absolute Gasteiger partial charge is 0.467 e. The molecule has 4 nitrogen and oxygen atoms in total. The molecular weight excluding hydrogens is 336 g/mol. The predicted molar refractivity (Wildman–Crippen MR) is 106 cm³/mol. The van der Waals surface area contributed by atoms with E-state index < -0.39 is 5.72 Å². The molecule has 27 heavy (non-hydrogen) atoms. The van der Waals surface area contributed by atoms with Crippen molar-refractivity contribution in [3.63, 3.8) is 0 Å². The second-order valence-electron chi connectivity index (χ2n) is 8.59. The van der Waals surface area contributed by atoms with E-state index in [-0.39, 0.29) is 23.3 Å². The van der Waals surface area contributed by atoms with Gasteiger partial charge in [0.15, 0.2) is 5.72 Å². The monoisotopic (exact) mass is 362 g/mol. The van der Waals surface area contributed by atoms with Crippen molar-refractivity contribution in [2.75, 3.05) is 11.4 Å². The highest BCUT2D eigenvalue weighted by Crippen LogP contribution is 2.64. The standard InChI is InChI=1S/C23H26N2O2/c1-5-24-21(26)20-16-13-23(27-19-9-7-6-8-15(16)19)22(3,4)17-12-14(2)10-11-18(17)25(20)23/h6-12,16,20H,5,13H2,1-4H3,(H,24,26)/t16-,20-,23+/m1/s1. The minimum absolute atomic E-state index is 0.0916. The summed E-state index contributed by atoms with van der Waals surface area (Å²) in [6.07, 6.45) is 0.826. The summed E-state index contributed by atoms with van der Waals surface area (Å²) in [4.78, 5) is 15.5. The number of carbonyl (C=O) groups is 1. The molecule has 0 aliphatic carbocycles. The Bertz CT molecular complexity index is 951. The van der Waals surface area contributed by atoms with Gasteiger partial charge in [-0.25, -0.2) is 0 Å². The second kappa shape index (κ2) is 5.28. The summed E-state index contributed by atoms with van der Waals surface area (Å²) in [7, 11) is 0. The van der Waals surface area contributed by atoms with Crippen LogP contribution in [0.15, 0.2) is 42.5 Å². The fourth-order valence-electron chi connectivity index (χ4n) is 5.52. The van der Waals surface area contributed by atoms with Crippen LogP contribution in [0.5, 0.6) is 5.75 Å². The Balaban J connectivity index is 1.77. The average molecular weight is 362 g/mol. The van der Waals surface area contributed by atoms with Crippen LogP contribution in [0.25, 0.3) is 0 Å². The molecule has 1 fully saturated rings. The number of nitrogens with zero attached hydrogens (tertiary/aromatic N) is 1. The molecule has 1 amide bonds. The van der Waals surface area contributed by atoms with Gasteiger partial charge in [-0.1, -0.05) is 35.9 Å². The van der Waals surface area contributed by atoms with Gasteiger partial charge in [-0.2, -0.15) is 0 Å². The summed E-state index contributed by atoms with van der Waals surface area (Å²) < 4.78 is 6.78. The fourth-order valence-corrected chi connectivity index (χ4v) is 5.52. The highest BCUT2D eigenvalue weighted by molar-refractivity contribution is 5.90. The van der Waals surface area contributed by atoms with Crippen molar-refractivity contribution in [1.82, 2.24) is 5.32 Å². The van der Waals surface area contributed by atoms with Gasteiger partial charge in [0, 0.05) is 30.1 Å². The summed E-state index contributed by atoms with van der Waals surface area (Å²) in [6, 6.07) is 14.5. The van der Waals surface area contributed by atoms with Gasteiger partial charge in [0.25, 0.3) is 0 Å². The van der Waals surface area contributed by atoms with Crippen molar-refractivity contribution in [2.45, 2.75) is 57.2 Å². The van der Waals surface area contributed by atoms with E-state index in [1.807, 2.05) is 25.1 Å². The molecule has 1 N–H and O–H groups in total. The normalized spacial score (nSPS) is 28.8. The molecule has 3 aliphatic rings. The quantitative estimate of drug-likeness (QED) is 0.882. The van der Waals surface area contributed by atoms with Gasteiger partial charge >= 0.3 is 0 Å². The van der Waals surface area contributed by atoms with Gasteiger partial charge < -0.3 is 15.0 Å². The van der Waals surface area contributed by atoms with Crippen LogP contribution < -0.4 is 15.0 Å². The highest BCUT2D eigenvalue weighted by atomic mass is 16.5. The lowest BCUT2D eigenvalue weighted by Gasteiger charge is -2.45. The summed E-state index contributed by atoms with van der Waals surface area (Å²) in [6.45, 7) is 9.26. The van der Waals surface area contributed by atoms with Gasteiger partial charge in [-0.05, 0) is 45.4 Å². The van der Waals surface area contributed by atoms with E-state index in [0.29, 0.717) is 6.54 Å². The van der Waals surface area contributed by atoms with E-state index in [2.05, 4.69) is 55.3 Å². The third-order valence-corrected chi connectivity index (χ3v) is 6.82. The lowest BCUT2D eigenvalue weighted by atomic mass is 9.72. The van der Waals surface area contributed by atoms with Crippen molar-refractivity contribution in [2.24, 2.45) is 0 Å². The SMILES string of the molecule is CCNC(=O)[C@H]1[C@@H]2C[C@@]3(Oc4ccccc42)N1c1ccc(C)cc1C3(C)C. The average Bonchev–Trinajstić information content (AvgIpc) is 3.01. The molecular formula is C23H26N2O2. The predicted octanol–water partition coefficient (Wildman–Crippen LogP) is 3.87. The topological polar surface area (TPSA) is 41.6 Å². The molecule has 4 heteroatoms. The maximum absolute atomic E-state index is 13.2. The van der Waals surface area contributed by atoms with E-state index in [1.165, 1.54) is 11.1 Å².